The van der Waals surface area contributed by atoms with E-state index in [1.54, 1.807) is 48.5 Å². The van der Waals surface area contributed by atoms with E-state index < -0.39 is 29.7 Å². The van der Waals surface area contributed by atoms with Gasteiger partial charge in [-0.15, -0.1) is 0 Å². The predicted molar refractivity (Wildman–Crippen MR) is 126 cm³/mol. The minimum atomic E-state index is -1.55. The molecule has 0 aromatic heterocycles. The average molecular weight is 461 g/mol. The number of aryl methyl sites for hydroxylation is 1. The molecule has 0 saturated carbocycles. The third-order valence-electron chi connectivity index (χ3n) is 5.50. The summed E-state index contributed by atoms with van der Waals surface area (Å²) in [5, 5.41) is 9.89. The van der Waals surface area contributed by atoms with E-state index in [9.17, 15) is 19.5 Å². The molecule has 0 amide bonds. The van der Waals surface area contributed by atoms with E-state index >= 15 is 0 Å². The lowest BCUT2D eigenvalue weighted by atomic mass is 9.87. The summed E-state index contributed by atoms with van der Waals surface area (Å²) in [6.07, 6.45) is 1.26. The van der Waals surface area contributed by atoms with Gasteiger partial charge in [0.2, 0.25) is 0 Å². The van der Waals surface area contributed by atoms with E-state index in [-0.39, 0.29) is 19.6 Å². The first-order valence-electron chi connectivity index (χ1n) is 11.2. The standard InChI is InChI=1S/C28H28O6/c29-26(30)24(18-10-17-21-11-4-1-5-12-21)25(27(31)33-19-22-13-6-2-7-14-22)28(32)34-20-23-15-8-3-9-16-23/h1-9,11-16,24-25H,10,17-20H2,(H,29,30). The molecule has 3 rings (SSSR count). The molecule has 1 unspecified atom stereocenters. The fraction of sp³-hybridized carbons (Fsp3) is 0.250. The highest BCUT2D eigenvalue weighted by atomic mass is 16.6. The van der Waals surface area contributed by atoms with Crippen LogP contribution in [0.1, 0.15) is 29.5 Å². The molecule has 3 aromatic rings. The van der Waals surface area contributed by atoms with Crippen LogP contribution in [0.25, 0.3) is 0 Å². The zero-order valence-corrected chi connectivity index (χ0v) is 18.8. The van der Waals surface area contributed by atoms with Gasteiger partial charge in [0.1, 0.15) is 13.2 Å². The van der Waals surface area contributed by atoms with Crippen LogP contribution in [0.2, 0.25) is 0 Å². The van der Waals surface area contributed by atoms with E-state index in [2.05, 4.69) is 0 Å². The van der Waals surface area contributed by atoms with E-state index in [0.717, 1.165) is 16.7 Å². The van der Waals surface area contributed by atoms with E-state index in [1.807, 2.05) is 42.5 Å². The molecular weight excluding hydrogens is 432 g/mol. The van der Waals surface area contributed by atoms with Crippen LogP contribution < -0.4 is 0 Å². The van der Waals surface area contributed by atoms with Gasteiger partial charge in [-0.1, -0.05) is 91.0 Å². The Morgan fingerprint density at radius 2 is 1.06 bits per heavy atom. The first kappa shape index (κ1) is 24.7. The van der Waals surface area contributed by atoms with Crippen molar-refractivity contribution in [1.82, 2.24) is 0 Å². The molecule has 0 fully saturated rings. The molecule has 1 N–H and O–H groups in total. The highest BCUT2D eigenvalue weighted by molar-refractivity contribution is 5.98. The van der Waals surface area contributed by atoms with Crippen LogP contribution in [-0.4, -0.2) is 23.0 Å². The number of carboxylic acids is 1. The van der Waals surface area contributed by atoms with Crippen LogP contribution in [0.3, 0.4) is 0 Å². The Hall–Kier alpha value is -3.93. The van der Waals surface area contributed by atoms with Gasteiger partial charge in [0.05, 0.1) is 5.92 Å². The van der Waals surface area contributed by atoms with Gasteiger partial charge < -0.3 is 14.6 Å². The monoisotopic (exact) mass is 460 g/mol. The topological polar surface area (TPSA) is 89.9 Å². The maximum atomic E-state index is 13.0. The summed E-state index contributed by atoms with van der Waals surface area (Å²) in [5.74, 6) is -5.83. The van der Waals surface area contributed by atoms with Gasteiger partial charge in [0.15, 0.2) is 5.92 Å². The lowest BCUT2D eigenvalue weighted by molar-refractivity contribution is -0.171. The second kappa shape index (κ2) is 12.9. The first-order valence-corrected chi connectivity index (χ1v) is 11.2. The maximum Gasteiger partial charge on any atom is 0.321 e. The first-order chi connectivity index (χ1) is 16.5. The summed E-state index contributed by atoms with van der Waals surface area (Å²) >= 11 is 0. The number of hydrogen-bond donors (Lipinski definition) is 1. The number of carboxylic acid groups (broad SMARTS) is 1. The lowest BCUT2D eigenvalue weighted by Crippen LogP contribution is -2.38. The van der Waals surface area contributed by atoms with Crippen LogP contribution in [0.4, 0.5) is 0 Å². The van der Waals surface area contributed by atoms with Crippen molar-refractivity contribution in [3.05, 3.63) is 108 Å². The minimum Gasteiger partial charge on any atom is -0.481 e. The van der Waals surface area contributed by atoms with Crippen LogP contribution in [-0.2, 0) is 43.5 Å². The molecule has 0 bridgehead atoms. The van der Waals surface area contributed by atoms with Gasteiger partial charge >= 0.3 is 17.9 Å². The number of carbonyl (C=O) groups excluding carboxylic acids is 2. The summed E-state index contributed by atoms with van der Waals surface area (Å²) in [6.45, 7) is -0.114. The maximum absolute atomic E-state index is 13.0. The van der Waals surface area contributed by atoms with Crippen LogP contribution >= 0.6 is 0 Å². The summed E-state index contributed by atoms with van der Waals surface area (Å²) in [7, 11) is 0. The van der Waals surface area contributed by atoms with Crippen molar-refractivity contribution in [3.8, 4) is 0 Å². The minimum absolute atomic E-state index is 0.0571. The molecule has 176 valence electrons. The van der Waals surface area contributed by atoms with E-state index in [1.165, 1.54) is 0 Å². The molecular formula is C28H28O6. The quantitative estimate of drug-likeness (QED) is 0.308. The number of ether oxygens (including phenoxy) is 2. The summed E-state index contributed by atoms with van der Waals surface area (Å²) in [6, 6.07) is 27.7. The normalized spacial score (nSPS) is 11.6. The Morgan fingerprint density at radius 1 is 0.647 bits per heavy atom. The zero-order chi connectivity index (χ0) is 24.2. The summed E-state index contributed by atoms with van der Waals surface area (Å²) < 4.78 is 10.7. The third kappa shape index (κ3) is 7.59. The predicted octanol–water partition coefficient (Wildman–Crippen LogP) is 4.81. The van der Waals surface area contributed by atoms with E-state index in [0.29, 0.717) is 12.8 Å². The van der Waals surface area contributed by atoms with Gasteiger partial charge in [0, 0.05) is 0 Å². The van der Waals surface area contributed by atoms with Gasteiger partial charge in [-0.25, -0.2) is 0 Å². The Bertz CT molecular complexity index is 995. The second-order valence-electron chi connectivity index (χ2n) is 7.99. The summed E-state index contributed by atoms with van der Waals surface area (Å²) in [4.78, 5) is 38.0. The molecule has 1 atom stereocenters. The Balaban J connectivity index is 1.71. The van der Waals surface area contributed by atoms with Crippen LogP contribution in [0.5, 0.6) is 0 Å². The molecule has 0 aliphatic carbocycles. The highest BCUT2D eigenvalue weighted by Gasteiger charge is 2.41. The molecule has 0 spiro atoms. The number of rotatable bonds is 12. The van der Waals surface area contributed by atoms with Crippen molar-refractivity contribution in [3.63, 3.8) is 0 Å². The molecule has 6 heteroatoms. The van der Waals surface area contributed by atoms with Crippen molar-refractivity contribution in [2.75, 3.05) is 0 Å². The van der Waals surface area contributed by atoms with Gasteiger partial charge in [-0.05, 0) is 36.0 Å². The molecule has 34 heavy (non-hydrogen) atoms. The summed E-state index contributed by atoms with van der Waals surface area (Å²) in [5.41, 5.74) is 2.54. The molecule has 0 heterocycles. The highest BCUT2D eigenvalue weighted by Crippen LogP contribution is 2.24. The van der Waals surface area contributed by atoms with Crippen molar-refractivity contribution >= 4 is 17.9 Å². The molecule has 0 radical (unpaired) electrons. The largest absolute Gasteiger partial charge is 0.481 e. The number of hydrogen-bond acceptors (Lipinski definition) is 5. The Labute approximate surface area is 199 Å². The number of esters is 2. The molecule has 0 aliphatic heterocycles. The number of benzene rings is 3. The van der Waals surface area contributed by atoms with Crippen molar-refractivity contribution < 1.29 is 29.0 Å². The van der Waals surface area contributed by atoms with E-state index in [4.69, 9.17) is 9.47 Å². The van der Waals surface area contributed by atoms with Crippen molar-refractivity contribution in [2.24, 2.45) is 11.8 Å². The molecule has 0 aliphatic rings. The van der Waals surface area contributed by atoms with Crippen LogP contribution in [0.15, 0.2) is 91.0 Å². The fourth-order valence-electron chi connectivity index (χ4n) is 3.67. The Kier molecular flexibility index (Phi) is 9.40. The number of aliphatic carboxylic acids is 1. The van der Waals surface area contributed by atoms with Crippen molar-refractivity contribution in [1.29, 1.82) is 0 Å². The molecule has 0 saturated heterocycles. The van der Waals surface area contributed by atoms with Gasteiger partial charge in [0.25, 0.3) is 0 Å². The SMILES string of the molecule is O=C(O)C(CCCc1ccccc1)C(C(=O)OCc1ccccc1)C(=O)OCc1ccccc1. The smallest absolute Gasteiger partial charge is 0.321 e. The van der Waals surface area contributed by atoms with Gasteiger partial charge in [-0.3, -0.25) is 14.4 Å². The number of carbonyl (C=O) groups is 3. The second-order valence-corrected chi connectivity index (χ2v) is 7.99. The van der Waals surface area contributed by atoms with Crippen molar-refractivity contribution in [2.45, 2.75) is 32.5 Å². The average Bonchev–Trinajstić information content (AvgIpc) is 2.87. The fourth-order valence-corrected chi connectivity index (χ4v) is 3.67. The zero-order valence-electron chi connectivity index (χ0n) is 18.8. The Morgan fingerprint density at radius 3 is 1.47 bits per heavy atom. The van der Waals surface area contributed by atoms with Crippen LogP contribution in [0, 0.1) is 11.8 Å². The molecule has 6 nitrogen and oxygen atoms in total. The lowest BCUT2D eigenvalue weighted by Gasteiger charge is -2.21. The molecule has 3 aromatic carbocycles. The third-order valence-corrected chi connectivity index (χ3v) is 5.50. The van der Waals surface area contributed by atoms with Gasteiger partial charge in [-0.2, -0.15) is 0 Å².